The summed E-state index contributed by atoms with van der Waals surface area (Å²) in [7, 11) is -3.49. The number of hydrogen-bond acceptors (Lipinski definition) is 5. The van der Waals surface area contributed by atoms with Gasteiger partial charge in [-0.3, -0.25) is 0 Å². The number of rotatable bonds is 7. The zero-order chi connectivity index (χ0) is 12.7. The van der Waals surface area contributed by atoms with Gasteiger partial charge in [0.1, 0.15) is 4.90 Å². The SMILES string of the molecule is CCCCCCNS(=O)(=O)c1cnc(N)nc1. The molecular formula is C10H18N4O2S. The van der Waals surface area contributed by atoms with Crippen molar-refractivity contribution < 1.29 is 8.42 Å². The fourth-order valence-corrected chi connectivity index (χ4v) is 2.27. The Kier molecular flexibility index (Phi) is 5.30. The predicted molar refractivity (Wildman–Crippen MR) is 65.8 cm³/mol. The van der Waals surface area contributed by atoms with Gasteiger partial charge in [-0.2, -0.15) is 0 Å². The molecule has 6 nitrogen and oxygen atoms in total. The molecule has 0 aliphatic heterocycles. The number of aromatic nitrogens is 2. The summed E-state index contributed by atoms with van der Waals surface area (Å²) in [6.07, 6.45) is 6.51. The van der Waals surface area contributed by atoms with Gasteiger partial charge in [-0.25, -0.2) is 23.1 Å². The van der Waals surface area contributed by atoms with Crippen molar-refractivity contribution in [2.75, 3.05) is 12.3 Å². The van der Waals surface area contributed by atoms with Crippen LogP contribution in [0.5, 0.6) is 0 Å². The first-order valence-electron chi connectivity index (χ1n) is 5.63. The number of nitrogen functional groups attached to an aromatic ring is 1. The van der Waals surface area contributed by atoms with E-state index >= 15 is 0 Å². The molecule has 0 aliphatic rings. The van der Waals surface area contributed by atoms with Crippen LogP contribution in [0.25, 0.3) is 0 Å². The van der Waals surface area contributed by atoms with E-state index in [2.05, 4.69) is 21.6 Å². The van der Waals surface area contributed by atoms with Crippen LogP contribution >= 0.6 is 0 Å². The van der Waals surface area contributed by atoms with Crippen molar-refractivity contribution in [2.24, 2.45) is 0 Å². The Bertz CT molecular complexity index is 430. The number of hydrogen-bond donors (Lipinski definition) is 2. The van der Waals surface area contributed by atoms with Crippen LogP contribution < -0.4 is 10.5 Å². The highest BCUT2D eigenvalue weighted by Crippen LogP contribution is 2.06. The molecule has 7 heteroatoms. The minimum atomic E-state index is -3.49. The minimum absolute atomic E-state index is 0.0437. The molecule has 1 aromatic heterocycles. The van der Waals surface area contributed by atoms with Crippen LogP contribution in [0.1, 0.15) is 32.6 Å². The molecule has 0 spiro atoms. The van der Waals surface area contributed by atoms with Gasteiger partial charge >= 0.3 is 0 Å². The summed E-state index contributed by atoms with van der Waals surface area (Å²) >= 11 is 0. The molecule has 0 fully saturated rings. The normalized spacial score (nSPS) is 11.6. The van der Waals surface area contributed by atoms with Crippen LogP contribution in [0.4, 0.5) is 5.95 Å². The van der Waals surface area contributed by atoms with Crippen molar-refractivity contribution in [3.63, 3.8) is 0 Å². The van der Waals surface area contributed by atoms with E-state index in [1.807, 2.05) is 0 Å². The van der Waals surface area contributed by atoms with E-state index in [9.17, 15) is 8.42 Å². The number of nitrogens with two attached hydrogens (primary N) is 1. The molecule has 0 radical (unpaired) electrons. The first-order chi connectivity index (χ1) is 8.06. The Morgan fingerprint density at radius 2 is 1.88 bits per heavy atom. The first kappa shape index (κ1) is 13.9. The molecule has 0 saturated heterocycles. The fourth-order valence-electron chi connectivity index (χ4n) is 1.31. The highest BCUT2D eigenvalue weighted by atomic mass is 32.2. The van der Waals surface area contributed by atoms with E-state index < -0.39 is 10.0 Å². The van der Waals surface area contributed by atoms with Crippen molar-refractivity contribution in [1.29, 1.82) is 0 Å². The Balaban J connectivity index is 2.48. The van der Waals surface area contributed by atoms with Gasteiger partial charge in [0.15, 0.2) is 0 Å². The first-order valence-corrected chi connectivity index (χ1v) is 7.12. The third kappa shape index (κ3) is 4.66. The summed E-state index contributed by atoms with van der Waals surface area (Å²) in [5.74, 6) is 0.0619. The van der Waals surface area contributed by atoms with E-state index in [4.69, 9.17) is 5.73 Å². The van der Waals surface area contributed by atoms with Crippen molar-refractivity contribution in [2.45, 2.75) is 37.5 Å². The number of nitrogens with one attached hydrogen (secondary N) is 1. The Morgan fingerprint density at radius 1 is 1.24 bits per heavy atom. The van der Waals surface area contributed by atoms with Crippen LogP contribution in [-0.2, 0) is 10.0 Å². The summed E-state index contributed by atoms with van der Waals surface area (Å²) in [6, 6.07) is 0. The molecule has 0 aromatic carbocycles. The molecule has 0 unspecified atom stereocenters. The summed E-state index contributed by atoms with van der Waals surface area (Å²) in [5.41, 5.74) is 5.29. The zero-order valence-corrected chi connectivity index (χ0v) is 10.7. The number of sulfonamides is 1. The lowest BCUT2D eigenvalue weighted by atomic mass is 10.2. The Hall–Kier alpha value is -1.21. The van der Waals surface area contributed by atoms with Gasteiger partial charge in [-0.05, 0) is 6.42 Å². The average Bonchev–Trinajstić information content (AvgIpc) is 2.29. The van der Waals surface area contributed by atoms with E-state index in [0.29, 0.717) is 6.54 Å². The van der Waals surface area contributed by atoms with Crippen LogP contribution in [-0.4, -0.2) is 24.9 Å². The molecule has 0 atom stereocenters. The summed E-state index contributed by atoms with van der Waals surface area (Å²) in [4.78, 5) is 7.34. The maximum atomic E-state index is 11.7. The molecule has 0 amide bonds. The highest BCUT2D eigenvalue weighted by molar-refractivity contribution is 7.89. The van der Waals surface area contributed by atoms with Gasteiger partial charge < -0.3 is 5.73 Å². The van der Waals surface area contributed by atoms with E-state index in [1.165, 1.54) is 12.4 Å². The van der Waals surface area contributed by atoms with Gasteiger partial charge in [0.2, 0.25) is 16.0 Å². The van der Waals surface area contributed by atoms with Crippen molar-refractivity contribution in [1.82, 2.24) is 14.7 Å². The Morgan fingerprint density at radius 3 is 2.47 bits per heavy atom. The second-order valence-corrected chi connectivity index (χ2v) is 5.50. The molecule has 1 aromatic rings. The van der Waals surface area contributed by atoms with Crippen LogP contribution in [0.2, 0.25) is 0 Å². The van der Waals surface area contributed by atoms with Gasteiger partial charge in [-0.1, -0.05) is 26.2 Å². The van der Waals surface area contributed by atoms with Crippen LogP contribution in [0.15, 0.2) is 17.3 Å². The minimum Gasteiger partial charge on any atom is -0.368 e. The second-order valence-electron chi connectivity index (χ2n) is 3.74. The molecule has 0 aliphatic carbocycles. The molecular weight excluding hydrogens is 240 g/mol. The van der Waals surface area contributed by atoms with Crippen molar-refractivity contribution in [3.8, 4) is 0 Å². The number of unbranched alkanes of at least 4 members (excludes halogenated alkanes) is 3. The standard InChI is InChI=1S/C10H18N4O2S/c1-2-3-4-5-6-14-17(15,16)9-7-12-10(11)13-8-9/h7-8,14H,2-6H2,1H3,(H2,11,12,13). The Labute approximate surface area is 102 Å². The molecule has 0 bridgehead atoms. The molecule has 17 heavy (non-hydrogen) atoms. The number of nitrogens with zero attached hydrogens (tertiary/aromatic N) is 2. The van der Waals surface area contributed by atoms with E-state index in [-0.39, 0.29) is 10.8 Å². The van der Waals surface area contributed by atoms with Gasteiger partial charge in [0, 0.05) is 6.54 Å². The van der Waals surface area contributed by atoms with Crippen LogP contribution in [0, 0.1) is 0 Å². The second kappa shape index (κ2) is 6.51. The van der Waals surface area contributed by atoms with Gasteiger partial charge in [0.05, 0.1) is 12.4 Å². The molecule has 1 heterocycles. The quantitative estimate of drug-likeness (QED) is 0.709. The maximum absolute atomic E-state index is 11.7. The summed E-state index contributed by atoms with van der Waals surface area (Å²) < 4.78 is 26.0. The number of anilines is 1. The van der Waals surface area contributed by atoms with E-state index in [1.54, 1.807) is 0 Å². The topological polar surface area (TPSA) is 98.0 Å². The van der Waals surface area contributed by atoms with Gasteiger partial charge in [-0.15, -0.1) is 0 Å². The van der Waals surface area contributed by atoms with Gasteiger partial charge in [0.25, 0.3) is 0 Å². The lowest BCUT2D eigenvalue weighted by Crippen LogP contribution is -2.25. The maximum Gasteiger partial charge on any atom is 0.243 e. The zero-order valence-electron chi connectivity index (χ0n) is 9.89. The van der Waals surface area contributed by atoms with Crippen molar-refractivity contribution >= 4 is 16.0 Å². The molecule has 96 valence electrons. The fraction of sp³-hybridized carbons (Fsp3) is 0.600. The highest BCUT2D eigenvalue weighted by Gasteiger charge is 2.13. The lowest BCUT2D eigenvalue weighted by molar-refractivity contribution is 0.573. The molecule has 3 N–H and O–H groups in total. The molecule has 0 saturated carbocycles. The smallest absolute Gasteiger partial charge is 0.243 e. The monoisotopic (exact) mass is 258 g/mol. The van der Waals surface area contributed by atoms with E-state index in [0.717, 1.165) is 25.7 Å². The third-order valence-corrected chi connectivity index (χ3v) is 3.70. The third-order valence-electron chi connectivity index (χ3n) is 2.28. The lowest BCUT2D eigenvalue weighted by Gasteiger charge is -2.05. The average molecular weight is 258 g/mol. The summed E-state index contributed by atoms with van der Waals surface area (Å²) in [5, 5.41) is 0. The largest absolute Gasteiger partial charge is 0.368 e. The van der Waals surface area contributed by atoms with Crippen molar-refractivity contribution in [3.05, 3.63) is 12.4 Å². The molecule has 1 rings (SSSR count). The summed E-state index contributed by atoms with van der Waals surface area (Å²) in [6.45, 7) is 2.54. The predicted octanol–water partition coefficient (Wildman–Crippen LogP) is 0.917. The van der Waals surface area contributed by atoms with Crippen LogP contribution in [0.3, 0.4) is 0 Å².